The van der Waals surface area contributed by atoms with Gasteiger partial charge in [-0.25, -0.2) is 4.39 Å². The maximum atomic E-state index is 13.7. The molecule has 0 atom stereocenters. The lowest BCUT2D eigenvalue weighted by Crippen LogP contribution is -2.14. The van der Waals surface area contributed by atoms with Crippen molar-refractivity contribution in [2.45, 2.75) is 19.8 Å². The summed E-state index contributed by atoms with van der Waals surface area (Å²) in [5.41, 5.74) is 0.347. The standard InChI is InChI=1S/C13H15ClFN3S/c1-2-16-8-4-7-11-17-18-13(19-11)12-9(14)5-3-6-10(12)15/h3,5-6,16H,2,4,7-8H2,1H3. The normalized spacial score (nSPS) is 10.9. The molecule has 1 N–H and O–H groups in total. The van der Waals surface area contributed by atoms with Crippen LogP contribution < -0.4 is 5.32 Å². The zero-order valence-electron chi connectivity index (χ0n) is 10.6. The molecule has 0 bridgehead atoms. The second-order valence-corrected chi connectivity index (χ2v) is 5.52. The lowest BCUT2D eigenvalue weighted by molar-refractivity contribution is 0.631. The number of nitrogens with one attached hydrogen (secondary N) is 1. The van der Waals surface area contributed by atoms with E-state index in [1.807, 2.05) is 0 Å². The van der Waals surface area contributed by atoms with Crippen LogP contribution in [0.5, 0.6) is 0 Å². The van der Waals surface area contributed by atoms with E-state index in [1.165, 1.54) is 17.4 Å². The van der Waals surface area contributed by atoms with Crippen LogP contribution in [0.3, 0.4) is 0 Å². The van der Waals surface area contributed by atoms with Crippen molar-refractivity contribution >= 4 is 22.9 Å². The summed E-state index contributed by atoms with van der Waals surface area (Å²) in [4.78, 5) is 0. The van der Waals surface area contributed by atoms with Gasteiger partial charge in [-0.3, -0.25) is 0 Å². The molecule has 0 radical (unpaired) electrons. The number of hydrogen-bond acceptors (Lipinski definition) is 4. The van der Waals surface area contributed by atoms with E-state index in [1.54, 1.807) is 12.1 Å². The molecule has 0 aliphatic carbocycles. The largest absolute Gasteiger partial charge is 0.317 e. The summed E-state index contributed by atoms with van der Waals surface area (Å²) in [5, 5.41) is 13.2. The molecule has 2 aromatic rings. The van der Waals surface area contributed by atoms with Gasteiger partial charge in [-0.05, 0) is 31.6 Å². The van der Waals surface area contributed by atoms with Crippen molar-refractivity contribution in [3.8, 4) is 10.6 Å². The lowest BCUT2D eigenvalue weighted by atomic mass is 10.2. The third kappa shape index (κ3) is 3.72. The van der Waals surface area contributed by atoms with E-state index < -0.39 is 0 Å². The third-order valence-corrected chi connectivity index (χ3v) is 3.95. The molecule has 3 nitrogen and oxygen atoms in total. The smallest absolute Gasteiger partial charge is 0.152 e. The summed E-state index contributed by atoms with van der Waals surface area (Å²) < 4.78 is 13.7. The molecule has 6 heteroatoms. The molecule has 0 aliphatic heterocycles. The Kier molecular flexibility index (Phi) is 5.24. The first-order chi connectivity index (χ1) is 9.22. The predicted octanol–water partition coefficient (Wildman–Crippen LogP) is 3.54. The predicted molar refractivity (Wildman–Crippen MR) is 77.2 cm³/mol. The van der Waals surface area contributed by atoms with Gasteiger partial charge in [0.1, 0.15) is 10.8 Å². The molecule has 0 fully saturated rings. The molecule has 1 heterocycles. The highest BCUT2D eigenvalue weighted by molar-refractivity contribution is 7.14. The van der Waals surface area contributed by atoms with Crippen LogP contribution in [0.15, 0.2) is 18.2 Å². The van der Waals surface area contributed by atoms with Gasteiger partial charge in [0.25, 0.3) is 0 Å². The maximum Gasteiger partial charge on any atom is 0.152 e. The minimum atomic E-state index is -0.358. The third-order valence-electron chi connectivity index (χ3n) is 2.64. The van der Waals surface area contributed by atoms with Crippen LogP contribution in [0.1, 0.15) is 18.4 Å². The SMILES string of the molecule is CCNCCCc1nnc(-c2c(F)cccc2Cl)s1. The number of aromatic nitrogens is 2. The van der Waals surface area contributed by atoms with Crippen LogP contribution in [0.25, 0.3) is 10.6 Å². The van der Waals surface area contributed by atoms with E-state index in [2.05, 4.69) is 22.4 Å². The average molecular weight is 300 g/mol. The molecule has 102 valence electrons. The Bertz CT molecular complexity index is 524. The number of aryl methyl sites for hydroxylation is 1. The molecule has 0 saturated heterocycles. The van der Waals surface area contributed by atoms with Crippen LogP contribution in [0, 0.1) is 5.82 Å². The first-order valence-corrected chi connectivity index (χ1v) is 7.39. The fourth-order valence-corrected chi connectivity index (χ4v) is 2.95. The quantitative estimate of drug-likeness (QED) is 0.829. The fourth-order valence-electron chi connectivity index (χ4n) is 1.70. The van der Waals surface area contributed by atoms with Gasteiger partial charge < -0.3 is 5.32 Å². The van der Waals surface area contributed by atoms with Gasteiger partial charge in [0.2, 0.25) is 0 Å². The summed E-state index contributed by atoms with van der Waals surface area (Å²) in [6.45, 7) is 3.99. The van der Waals surface area contributed by atoms with Crippen LogP contribution >= 0.6 is 22.9 Å². The minimum Gasteiger partial charge on any atom is -0.317 e. The van der Waals surface area contributed by atoms with Gasteiger partial charge in [-0.1, -0.05) is 35.9 Å². The van der Waals surface area contributed by atoms with Gasteiger partial charge in [0.05, 0.1) is 10.6 Å². The maximum absolute atomic E-state index is 13.7. The molecule has 19 heavy (non-hydrogen) atoms. The molecule has 0 aliphatic rings. The molecule has 0 amide bonds. The second-order valence-electron chi connectivity index (χ2n) is 4.05. The molecule has 0 saturated carbocycles. The Morgan fingerprint density at radius 3 is 2.95 bits per heavy atom. The molecular weight excluding hydrogens is 285 g/mol. The molecule has 2 rings (SSSR count). The van der Waals surface area contributed by atoms with Crippen LogP contribution in [0.2, 0.25) is 5.02 Å². The van der Waals surface area contributed by atoms with Crippen molar-refractivity contribution in [2.75, 3.05) is 13.1 Å². The van der Waals surface area contributed by atoms with Crippen molar-refractivity contribution < 1.29 is 4.39 Å². The van der Waals surface area contributed by atoms with Gasteiger partial charge in [-0.2, -0.15) is 0 Å². The van der Waals surface area contributed by atoms with Gasteiger partial charge >= 0.3 is 0 Å². The molecule has 0 spiro atoms. The molecule has 0 unspecified atom stereocenters. The van der Waals surface area contributed by atoms with Gasteiger partial charge in [-0.15, -0.1) is 10.2 Å². The van der Waals surface area contributed by atoms with E-state index in [4.69, 9.17) is 11.6 Å². The number of nitrogens with zero attached hydrogens (tertiary/aromatic N) is 2. The summed E-state index contributed by atoms with van der Waals surface area (Å²) in [7, 11) is 0. The van der Waals surface area contributed by atoms with Crippen LogP contribution in [-0.2, 0) is 6.42 Å². The van der Waals surface area contributed by atoms with Crippen molar-refractivity contribution in [3.63, 3.8) is 0 Å². The Hall–Kier alpha value is -1.04. The van der Waals surface area contributed by atoms with Crippen molar-refractivity contribution in [3.05, 3.63) is 34.0 Å². The average Bonchev–Trinajstić information content (AvgIpc) is 2.83. The monoisotopic (exact) mass is 299 g/mol. The Morgan fingerprint density at radius 1 is 1.37 bits per heavy atom. The first-order valence-electron chi connectivity index (χ1n) is 6.20. The van der Waals surface area contributed by atoms with E-state index in [9.17, 15) is 4.39 Å². The highest BCUT2D eigenvalue weighted by Gasteiger charge is 2.14. The van der Waals surface area contributed by atoms with Crippen molar-refractivity contribution in [1.29, 1.82) is 0 Å². The number of hydrogen-bond donors (Lipinski definition) is 1. The van der Waals surface area contributed by atoms with E-state index in [0.717, 1.165) is 30.9 Å². The van der Waals surface area contributed by atoms with Crippen molar-refractivity contribution in [2.24, 2.45) is 0 Å². The van der Waals surface area contributed by atoms with Gasteiger partial charge in [0.15, 0.2) is 5.01 Å². The molecular formula is C13H15ClFN3S. The van der Waals surface area contributed by atoms with E-state index >= 15 is 0 Å². The van der Waals surface area contributed by atoms with E-state index in [0.29, 0.717) is 15.6 Å². The number of benzene rings is 1. The van der Waals surface area contributed by atoms with Crippen LogP contribution in [0.4, 0.5) is 4.39 Å². The van der Waals surface area contributed by atoms with E-state index in [-0.39, 0.29) is 5.82 Å². The Balaban J connectivity index is 2.08. The fraction of sp³-hybridized carbons (Fsp3) is 0.385. The Morgan fingerprint density at radius 2 is 2.21 bits per heavy atom. The van der Waals surface area contributed by atoms with Gasteiger partial charge in [0, 0.05) is 6.42 Å². The number of rotatable bonds is 6. The minimum absolute atomic E-state index is 0.347. The second kappa shape index (κ2) is 6.93. The number of halogens is 2. The van der Waals surface area contributed by atoms with Crippen LogP contribution in [-0.4, -0.2) is 23.3 Å². The Labute approximate surface area is 120 Å². The topological polar surface area (TPSA) is 37.8 Å². The molecule has 1 aromatic carbocycles. The summed E-state index contributed by atoms with van der Waals surface area (Å²) >= 11 is 7.41. The zero-order chi connectivity index (χ0) is 13.7. The summed E-state index contributed by atoms with van der Waals surface area (Å²) in [5.74, 6) is -0.358. The highest BCUT2D eigenvalue weighted by atomic mass is 35.5. The van der Waals surface area contributed by atoms with Crippen molar-refractivity contribution in [1.82, 2.24) is 15.5 Å². The summed E-state index contributed by atoms with van der Waals surface area (Å²) in [6, 6.07) is 4.62. The highest BCUT2D eigenvalue weighted by Crippen LogP contribution is 2.32. The zero-order valence-corrected chi connectivity index (χ0v) is 12.2. The first kappa shape index (κ1) is 14.4. The molecule has 1 aromatic heterocycles. The lowest BCUT2D eigenvalue weighted by Gasteiger charge is -2.00. The summed E-state index contributed by atoms with van der Waals surface area (Å²) in [6.07, 6.45) is 1.84.